The Kier molecular flexibility index (Phi) is 8.15. The van der Waals surface area contributed by atoms with Crippen molar-refractivity contribution in [3.8, 4) is 0 Å². The number of amides is 1. The third-order valence-electron chi connectivity index (χ3n) is 4.78. The van der Waals surface area contributed by atoms with Crippen molar-refractivity contribution in [3.05, 3.63) is 53.5 Å². The van der Waals surface area contributed by atoms with Crippen LogP contribution in [0.4, 0.5) is 23.1 Å². The number of carbonyl (C=O) groups is 1. The summed E-state index contributed by atoms with van der Waals surface area (Å²) in [4.78, 5) is 22.1. The summed E-state index contributed by atoms with van der Waals surface area (Å²) in [7, 11) is 0. The van der Waals surface area contributed by atoms with Gasteiger partial charge in [0.25, 0.3) is 0 Å². The Morgan fingerprint density at radius 1 is 1.06 bits per heavy atom. The van der Waals surface area contributed by atoms with Gasteiger partial charge >= 0.3 is 0 Å². The predicted molar refractivity (Wildman–Crippen MR) is 127 cm³/mol. The van der Waals surface area contributed by atoms with Crippen molar-refractivity contribution in [3.63, 3.8) is 0 Å². The van der Waals surface area contributed by atoms with Gasteiger partial charge in [-0.1, -0.05) is 24.6 Å². The second-order valence-electron chi connectivity index (χ2n) is 7.59. The van der Waals surface area contributed by atoms with E-state index in [9.17, 15) is 4.79 Å². The second kappa shape index (κ2) is 11.2. The molecule has 1 amide bonds. The number of anilines is 4. The van der Waals surface area contributed by atoms with Crippen molar-refractivity contribution in [2.24, 2.45) is 0 Å². The van der Waals surface area contributed by atoms with Crippen molar-refractivity contribution in [1.82, 2.24) is 20.2 Å². The van der Waals surface area contributed by atoms with Gasteiger partial charge in [0.2, 0.25) is 5.91 Å². The number of rotatable bonds is 5. The van der Waals surface area contributed by atoms with E-state index in [0.717, 1.165) is 61.0 Å². The highest BCUT2D eigenvalue weighted by atomic mass is 16.5. The van der Waals surface area contributed by atoms with Crippen molar-refractivity contribution in [2.45, 2.75) is 34.1 Å². The van der Waals surface area contributed by atoms with Crippen molar-refractivity contribution in [1.29, 1.82) is 0 Å². The van der Waals surface area contributed by atoms with Crippen LogP contribution >= 0.6 is 0 Å². The van der Waals surface area contributed by atoms with Gasteiger partial charge in [-0.05, 0) is 32.9 Å². The Bertz CT molecular complexity index is 1010. The normalized spacial score (nSPS) is 13.2. The van der Waals surface area contributed by atoms with Crippen molar-refractivity contribution >= 4 is 29.0 Å². The molecule has 4 rings (SSSR count). The van der Waals surface area contributed by atoms with Gasteiger partial charge in [-0.25, -0.2) is 9.97 Å². The molecule has 3 N–H and O–H groups in total. The molecule has 0 aliphatic carbocycles. The number of H-pyrrole nitrogens is 1. The minimum Gasteiger partial charge on any atom is -0.378 e. The molecule has 3 heterocycles. The van der Waals surface area contributed by atoms with Gasteiger partial charge in [-0.2, -0.15) is 5.10 Å². The van der Waals surface area contributed by atoms with Crippen LogP contribution in [0.1, 0.15) is 30.4 Å². The van der Waals surface area contributed by atoms with Crippen LogP contribution in [0, 0.1) is 20.8 Å². The van der Waals surface area contributed by atoms with Crippen LogP contribution in [0.5, 0.6) is 0 Å². The third-order valence-corrected chi connectivity index (χ3v) is 4.78. The lowest BCUT2D eigenvalue weighted by Crippen LogP contribution is -2.36. The van der Waals surface area contributed by atoms with Gasteiger partial charge < -0.3 is 20.3 Å². The average Bonchev–Trinajstić information content (AvgIpc) is 3.20. The van der Waals surface area contributed by atoms with Crippen LogP contribution in [0.15, 0.2) is 36.4 Å². The molecule has 9 heteroatoms. The lowest BCUT2D eigenvalue weighted by molar-refractivity contribution is -0.115. The number of aromatic amines is 1. The number of nitrogens with one attached hydrogen (secondary N) is 3. The fraction of sp³-hybridized carbons (Fsp3) is 0.391. The summed E-state index contributed by atoms with van der Waals surface area (Å²) >= 11 is 0. The van der Waals surface area contributed by atoms with Gasteiger partial charge in [0.15, 0.2) is 5.82 Å². The summed E-state index contributed by atoms with van der Waals surface area (Å²) in [5.74, 6) is 3.23. The highest BCUT2D eigenvalue weighted by Crippen LogP contribution is 2.20. The Hall–Kier alpha value is -3.46. The smallest absolute Gasteiger partial charge is 0.224 e. The molecule has 1 aliphatic rings. The number of carbonyl (C=O) groups excluding carboxylic acids is 1. The molecule has 0 saturated carbocycles. The van der Waals surface area contributed by atoms with Crippen LogP contribution in [0.3, 0.4) is 0 Å². The van der Waals surface area contributed by atoms with Crippen LogP contribution in [0.25, 0.3) is 0 Å². The number of aryl methyl sites for hydroxylation is 3. The van der Waals surface area contributed by atoms with Crippen LogP contribution < -0.4 is 15.5 Å². The molecular weight excluding hydrogens is 406 g/mol. The zero-order chi connectivity index (χ0) is 22.9. The number of hydrogen-bond acceptors (Lipinski definition) is 7. The fourth-order valence-electron chi connectivity index (χ4n) is 3.07. The number of nitrogens with zero attached hydrogens (tertiary/aromatic N) is 4. The minimum absolute atomic E-state index is 0.0545. The van der Waals surface area contributed by atoms with E-state index in [2.05, 4.69) is 35.7 Å². The monoisotopic (exact) mass is 437 g/mol. The highest BCUT2D eigenvalue weighted by molar-refractivity contribution is 5.90. The maximum Gasteiger partial charge on any atom is 0.224 e. The molecule has 0 bridgehead atoms. The van der Waals surface area contributed by atoms with Gasteiger partial charge in [-0.3, -0.25) is 9.89 Å². The lowest BCUT2D eigenvalue weighted by atomic mass is 10.2. The number of benzene rings is 1. The first kappa shape index (κ1) is 23.2. The maximum absolute atomic E-state index is 11.0. The summed E-state index contributed by atoms with van der Waals surface area (Å²) in [6.07, 6.45) is 0.522. The zero-order valence-corrected chi connectivity index (χ0v) is 19.1. The number of aromatic nitrogens is 4. The largest absolute Gasteiger partial charge is 0.378 e. The molecule has 9 nitrogen and oxygen atoms in total. The molecule has 0 radical (unpaired) electrons. The van der Waals surface area contributed by atoms with Crippen molar-refractivity contribution < 1.29 is 9.53 Å². The topological polar surface area (TPSA) is 108 Å². The molecule has 0 atom stereocenters. The molecule has 0 spiro atoms. The van der Waals surface area contributed by atoms with E-state index >= 15 is 0 Å². The van der Waals surface area contributed by atoms with Crippen LogP contribution in [-0.4, -0.2) is 52.4 Å². The van der Waals surface area contributed by atoms with E-state index < -0.39 is 0 Å². The predicted octanol–water partition coefficient (Wildman–Crippen LogP) is 3.74. The average molecular weight is 438 g/mol. The van der Waals surface area contributed by atoms with E-state index in [4.69, 9.17) is 4.74 Å². The first-order valence-electron chi connectivity index (χ1n) is 10.8. The second-order valence-corrected chi connectivity index (χ2v) is 7.59. The summed E-state index contributed by atoms with van der Waals surface area (Å²) in [5.41, 5.74) is 3.07. The van der Waals surface area contributed by atoms with Crippen LogP contribution in [-0.2, 0) is 9.53 Å². The Morgan fingerprint density at radius 3 is 2.41 bits per heavy atom. The van der Waals surface area contributed by atoms with Gasteiger partial charge in [-0.15, -0.1) is 0 Å². The van der Waals surface area contributed by atoms with Crippen LogP contribution in [0.2, 0.25) is 0 Å². The third kappa shape index (κ3) is 7.05. The van der Waals surface area contributed by atoms with Gasteiger partial charge in [0, 0.05) is 43.0 Å². The fourth-order valence-corrected chi connectivity index (χ4v) is 3.07. The first-order valence-corrected chi connectivity index (χ1v) is 10.8. The molecule has 1 aliphatic heterocycles. The standard InChI is InChI=1S/C13H18N6O.C10H13NO/c1-9-7-12(18-17-9)16-11-8-13(15-10(2)14-11)19-3-5-20-6-4-19;1-3-10(12)11-9-6-4-8(2)5-7-9/h7-8H,3-6H2,1-2H3,(H2,14,15,16,17,18);4-7H,3H2,1-2H3,(H,11,12). The molecule has 3 aromatic rings. The molecule has 1 saturated heterocycles. The lowest BCUT2D eigenvalue weighted by Gasteiger charge is -2.28. The molecule has 1 aromatic carbocycles. The number of hydrogen-bond donors (Lipinski definition) is 3. The molecule has 2 aromatic heterocycles. The Balaban J connectivity index is 0.000000207. The SMILES string of the molecule is CCC(=O)Nc1ccc(C)cc1.Cc1nc(Nc2cc(C)[nH]n2)cc(N2CCOCC2)n1. The number of ether oxygens (including phenoxy) is 1. The maximum atomic E-state index is 11.0. The molecule has 1 fully saturated rings. The summed E-state index contributed by atoms with van der Waals surface area (Å²) < 4.78 is 5.37. The summed E-state index contributed by atoms with van der Waals surface area (Å²) in [6.45, 7) is 10.9. The Labute approximate surface area is 188 Å². The van der Waals surface area contributed by atoms with E-state index in [1.807, 2.05) is 64.1 Å². The van der Waals surface area contributed by atoms with Gasteiger partial charge in [0.1, 0.15) is 17.5 Å². The molecular formula is C23H31N7O2. The Morgan fingerprint density at radius 2 is 1.78 bits per heavy atom. The van der Waals surface area contributed by atoms with E-state index in [1.54, 1.807) is 0 Å². The number of morpholine rings is 1. The summed E-state index contributed by atoms with van der Waals surface area (Å²) in [6, 6.07) is 11.6. The first-order chi connectivity index (χ1) is 15.4. The minimum atomic E-state index is 0.0545. The van der Waals surface area contributed by atoms with E-state index in [-0.39, 0.29) is 5.91 Å². The van der Waals surface area contributed by atoms with Gasteiger partial charge in [0.05, 0.1) is 13.2 Å². The highest BCUT2D eigenvalue weighted by Gasteiger charge is 2.14. The van der Waals surface area contributed by atoms with E-state index in [1.165, 1.54) is 5.56 Å². The quantitative estimate of drug-likeness (QED) is 0.558. The summed E-state index contributed by atoms with van der Waals surface area (Å²) in [5, 5.41) is 13.0. The van der Waals surface area contributed by atoms with E-state index in [0.29, 0.717) is 6.42 Å². The van der Waals surface area contributed by atoms with Crippen molar-refractivity contribution in [2.75, 3.05) is 41.8 Å². The molecule has 0 unspecified atom stereocenters. The zero-order valence-electron chi connectivity index (χ0n) is 19.1. The molecule has 32 heavy (non-hydrogen) atoms. The molecule has 170 valence electrons.